The Morgan fingerprint density at radius 2 is 2.04 bits per heavy atom. The van der Waals surface area contributed by atoms with E-state index in [9.17, 15) is 13.2 Å². The van der Waals surface area contributed by atoms with Crippen molar-refractivity contribution in [2.24, 2.45) is 0 Å². The van der Waals surface area contributed by atoms with E-state index < -0.39 is 10.0 Å². The van der Waals surface area contributed by atoms with E-state index >= 15 is 0 Å². The van der Waals surface area contributed by atoms with Crippen molar-refractivity contribution in [3.05, 3.63) is 23.8 Å². The van der Waals surface area contributed by atoms with Gasteiger partial charge >= 0.3 is 0 Å². The van der Waals surface area contributed by atoms with Crippen LogP contribution in [0.15, 0.2) is 23.1 Å². The van der Waals surface area contributed by atoms with E-state index in [1.54, 1.807) is 24.0 Å². The van der Waals surface area contributed by atoms with Crippen LogP contribution >= 0.6 is 0 Å². The number of sulfonamides is 1. The normalized spacial score (nSPS) is 15.3. The first-order valence-corrected chi connectivity index (χ1v) is 9.51. The Morgan fingerprint density at radius 3 is 2.67 bits per heavy atom. The lowest BCUT2D eigenvalue weighted by Crippen LogP contribution is -2.43. The fourth-order valence-electron chi connectivity index (χ4n) is 2.31. The van der Waals surface area contributed by atoms with Gasteiger partial charge in [0.2, 0.25) is 10.0 Å². The van der Waals surface area contributed by atoms with Gasteiger partial charge in [-0.15, -0.1) is 0 Å². The lowest BCUT2D eigenvalue weighted by atomic mass is 10.2. The molecule has 8 heteroatoms. The number of morpholine rings is 1. The predicted octanol–water partition coefficient (Wildman–Crippen LogP) is 0.921. The fourth-order valence-corrected chi connectivity index (χ4v) is 3.53. The molecule has 0 spiro atoms. The zero-order valence-corrected chi connectivity index (χ0v) is 14.9. The number of rotatable bonds is 7. The van der Waals surface area contributed by atoms with E-state index in [4.69, 9.17) is 9.47 Å². The summed E-state index contributed by atoms with van der Waals surface area (Å²) in [6, 6.07) is 4.62. The Labute approximate surface area is 143 Å². The number of hydrogen-bond acceptors (Lipinski definition) is 5. The van der Waals surface area contributed by atoms with Crippen LogP contribution in [-0.2, 0) is 19.6 Å². The molecule has 1 fully saturated rings. The minimum atomic E-state index is -3.50. The summed E-state index contributed by atoms with van der Waals surface area (Å²) in [6.07, 6.45) is 0.725. The van der Waals surface area contributed by atoms with Crippen molar-refractivity contribution in [3.8, 4) is 5.75 Å². The Kier molecular flexibility index (Phi) is 6.59. The molecule has 1 aliphatic heterocycles. The van der Waals surface area contributed by atoms with E-state index in [0.29, 0.717) is 44.2 Å². The number of amides is 1. The van der Waals surface area contributed by atoms with Crippen LogP contribution in [0.25, 0.3) is 0 Å². The Balaban J connectivity index is 1.98. The molecule has 1 saturated heterocycles. The summed E-state index contributed by atoms with van der Waals surface area (Å²) < 4.78 is 37.5. The lowest BCUT2D eigenvalue weighted by Gasteiger charge is -2.26. The highest BCUT2D eigenvalue weighted by Gasteiger charge is 2.18. The molecule has 0 saturated carbocycles. The maximum absolute atomic E-state index is 12.1. The Morgan fingerprint density at radius 1 is 1.33 bits per heavy atom. The topological polar surface area (TPSA) is 84.9 Å². The third-order valence-electron chi connectivity index (χ3n) is 3.71. The molecular weight excluding hydrogens is 332 g/mol. The minimum absolute atomic E-state index is 0.0684. The quantitative estimate of drug-likeness (QED) is 0.785. The molecule has 1 amide bonds. The fraction of sp³-hybridized carbons (Fsp3) is 0.562. The van der Waals surface area contributed by atoms with Gasteiger partial charge in [0.25, 0.3) is 5.91 Å². The van der Waals surface area contributed by atoms with Crippen LogP contribution in [-0.4, -0.2) is 58.7 Å². The van der Waals surface area contributed by atoms with Crippen molar-refractivity contribution >= 4 is 15.9 Å². The van der Waals surface area contributed by atoms with Crippen LogP contribution in [0.4, 0.5) is 0 Å². The molecule has 1 N–H and O–H groups in total. The average molecular weight is 356 g/mol. The maximum Gasteiger partial charge on any atom is 0.260 e. The summed E-state index contributed by atoms with van der Waals surface area (Å²) in [6.45, 7) is 6.21. The molecule has 24 heavy (non-hydrogen) atoms. The number of aryl methyl sites for hydroxylation is 1. The van der Waals surface area contributed by atoms with Gasteiger partial charge in [0.05, 0.1) is 18.1 Å². The van der Waals surface area contributed by atoms with Crippen molar-refractivity contribution in [2.45, 2.75) is 25.2 Å². The van der Waals surface area contributed by atoms with Gasteiger partial charge in [-0.1, -0.05) is 6.92 Å². The summed E-state index contributed by atoms with van der Waals surface area (Å²) in [5.41, 5.74) is 0.671. The first-order valence-electron chi connectivity index (χ1n) is 8.02. The summed E-state index contributed by atoms with van der Waals surface area (Å²) in [7, 11) is -3.50. The SMILES string of the molecule is CCCNS(=O)(=O)c1ccc(OCC(=O)N2CCOCC2)c(C)c1. The zero-order chi connectivity index (χ0) is 17.6. The number of nitrogens with one attached hydrogen (secondary N) is 1. The molecule has 0 atom stereocenters. The molecule has 2 rings (SSSR count). The molecule has 0 radical (unpaired) electrons. The Hall–Kier alpha value is -1.64. The molecule has 0 aromatic heterocycles. The zero-order valence-electron chi connectivity index (χ0n) is 14.1. The van der Waals surface area contributed by atoms with Gasteiger partial charge in [-0.05, 0) is 37.1 Å². The van der Waals surface area contributed by atoms with Gasteiger partial charge in [0.1, 0.15) is 5.75 Å². The molecule has 0 bridgehead atoms. The summed E-state index contributed by atoms with van der Waals surface area (Å²) in [5, 5.41) is 0. The third-order valence-corrected chi connectivity index (χ3v) is 5.17. The first kappa shape index (κ1) is 18.7. The molecule has 1 aromatic rings. The van der Waals surface area contributed by atoms with E-state index in [0.717, 1.165) is 6.42 Å². The first-order chi connectivity index (χ1) is 11.4. The van der Waals surface area contributed by atoms with Gasteiger partial charge < -0.3 is 14.4 Å². The van der Waals surface area contributed by atoms with Gasteiger partial charge in [-0.2, -0.15) is 0 Å². The van der Waals surface area contributed by atoms with Crippen LogP contribution < -0.4 is 9.46 Å². The van der Waals surface area contributed by atoms with Gasteiger partial charge in [0.15, 0.2) is 6.61 Å². The van der Waals surface area contributed by atoms with Crippen molar-refractivity contribution in [2.75, 3.05) is 39.5 Å². The van der Waals surface area contributed by atoms with Gasteiger partial charge in [-0.25, -0.2) is 13.1 Å². The monoisotopic (exact) mass is 356 g/mol. The Bertz CT molecular complexity index is 669. The minimum Gasteiger partial charge on any atom is -0.483 e. The van der Waals surface area contributed by atoms with Crippen LogP contribution in [0.3, 0.4) is 0 Å². The highest BCUT2D eigenvalue weighted by Crippen LogP contribution is 2.22. The standard InChI is InChI=1S/C16H24N2O5S/c1-3-6-17-24(20,21)14-4-5-15(13(2)11-14)23-12-16(19)18-7-9-22-10-8-18/h4-5,11,17H,3,6-10,12H2,1-2H3. The molecule has 0 unspecified atom stereocenters. The number of nitrogens with zero attached hydrogens (tertiary/aromatic N) is 1. The third kappa shape index (κ3) is 4.93. The molecule has 7 nitrogen and oxygen atoms in total. The highest BCUT2D eigenvalue weighted by molar-refractivity contribution is 7.89. The molecular formula is C16H24N2O5S. The smallest absolute Gasteiger partial charge is 0.260 e. The second-order valence-electron chi connectivity index (χ2n) is 5.61. The number of carbonyl (C=O) groups is 1. The molecule has 134 valence electrons. The summed E-state index contributed by atoms with van der Waals surface area (Å²) in [4.78, 5) is 14.0. The van der Waals surface area contributed by atoms with Crippen molar-refractivity contribution in [1.82, 2.24) is 9.62 Å². The van der Waals surface area contributed by atoms with Crippen molar-refractivity contribution in [1.29, 1.82) is 0 Å². The van der Waals surface area contributed by atoms with Gasteiger partial charge in [-0.3, -0.25) is 4.79 Å². The number of benzene rings is 1. The lowest BCUT2D eigenvalue weighted by molar-refractivity contribution is -0.137. The van der Waals surface area contributed by atoms with Crippen LogP contribution in [0.1, 0.15) is 18.9 Å². The highest BCUT2D eigenvalue weighted by atomic mass is 32.2. The van der Waals surface area contributed by atoms with E-state index in [1.807, 2.05) is 6.92 Å². The van der Waals surface area contributed by atoms with Crippen LogP contribution in [0.5, 0.6) is 5.75 Å². The number of ether oxygens (including phenoxy) is 2. The number of hydrogen-bond donors (Lipinski definition) is 1. The van der Waals surface area contributed by atoms with Crippen molar-refractivity contribution < 1.29 is 22.7 Å². The molecule has 1 heterocycles. The summed E-state index contributed by atoms with van der Waals surface area (Å²) in [5.74, 6) is 0.407. The van der Waals surface area contributed by atoms with Crippen molar-refractivity contribution in [3.63, 3.8) is 0 Å². The molecule has 0 aliphatic carbocycles. The summed E-state index contributed by atoms with van der Waals surface area (Å²) >= 11 is 0. The maximum atomic E-state index is 12.1. The van der Waals surface area contributed by atoms with Crippen LogP contribution in [0.2, 0.25) is 0 Å². The second kappa shape index (κ2) is 8.46. The molecule has 1 aliphatic rings. The van der Waals surface area contributed by atoms with Gasteiger partial charge in [0, 0.05) is 19.6 Å². The van der Waals surface area contributed by atoms with Crippen LogP contribution in [0, 0.1) is 6.92 Å². The molecule has 1 aromatic carbocycles. The van der Waals surface area contributed by atoms with E-state index in [2.05, 4.69) is 4.72 Å². The average Bonchev–Trinajstić information content (AvgIpc) is 2.59. The number of carbonyl (C=O) groups excluding carboxylic acids is 1. The largest absolute Gasteiger partial charge is 0.483 e. The van der Waals surface area contributed by atoms with E-state index in [-0.39, 0.29) is 17.4 Å². The van der Waals surface area contributed by atoms with E-state index in [1.165, 1.54) is 6.07 Å². The second-order valence-corrected chi connectivity index (χ2v) is 7.37. The predicted molar refractivity (Wildman–Crippen MR) is 89.6 cm³/mol.